The van der Waals surface area contributed by atoms with Crippen LogP contribution >= 0.6 is 0 Å². The molecule has 0 heterocycles. The third kappa shape index (κ3) is 7.60. The lowest BCUT2D eigenvalue weighted by atomic mass is 9.98. The summed E-state index contributed by atoms with van der Waals surface area (Å²) in [5, 5.41) is 3.31. The Morgan fingerprint density at radius 3 is 2.50 bits per heavy atom. The van der Waals surface area contributed by atoms with Crippen molar-refractivity contribution >= 4 is 10.0 Å². The van der Waals surface area contributed by atoms with Gasteiger partial charge in [0.05, 0.1) is 5.75 Å². The number of sulfonamides is 1. The molecule has 2 atom stereocenters. The summed E-state index contributed by atoms with van der Waals surface area (Å²) in [7, 11) is -3.11. The zero-order valence-electron chi connectivity index (χ0n) is 13.3. The molecule has 2 N–H and O–H groups in total. The molecule has 1 aliphatic carbocycles. The summed E-state index contributed by atoms with van der Waals surface area (Å²) >= 11 is 0. The van der Waals surface area contributed by atoms with Crippen LogP contribution in [0.4, 0.5) is 0 Å². The smallest absolute Gasteiger partial charge is 0.211 e. The Labute approximate surface area is 125 Å². The molecular formula is C15H32N2O2S. The lowest BCUT2D eigenvalue weighted by Gasteiger charge is -2.22. The molecule has 5 heteroatoms. The second-order valence-corrected chi connectivity index (χ2v) is 8.35. The number of unbranched alkanes of at least 4 members (excludes halogenated alkanes) is 1. The quantitative estimate of drug-likeness (QED) is 0.535. The summed E-state index contributed by atoms with van der Waals surface area (Å²) in [6.45, 7) is 7.27. The van der Waals surface area contributed by atoms with Gasteiger partial charge in [-0.15, -0.1) is 0 Å². The summed E-state index contributed by atoms with van der Waals surface area (Å²) in [4.78, 5) is 0. The van der Waals surface area contributed by atoms with E-state index >= 15 is 0 Å². The normalized spacial score (nSPS) is 24.8. The van der Waals surface area contributed by atoms with Crippen LogP contribution in [0.1, 0.15) is 65.7 Å². The van der Waals surface area contributed by atoms with Gasteiger partial charge in [0.25, 0.3) is 0 Å². The van der Waals surface area contributed by atoms with Crippen LogP contribution in [-0.4, -0.2) is 32.8 Å². The molecule has 4 nitrogen and oxygen atoms in total. The molecule has 20 heavy (non-hydrogen) atoms. The highest BCUT2D eigenvalue weighted by Gasteiger charge is 2.24. The Morgan fingerprint density at radius 1 is 1.10 bits per heavy atom. The van der Waals surface area contributed by atoms with Crippen molar-refractivity contribution < 1.29 is 8.42 Å². The van der Waals surface area contributed by atoms with Crippen LogP contribution in [0, 0.1) is 5.92 Å². The predicted octanol–water partition coefficient (Wildman–Crippen LogP) is 2.65. The molecule has 0 aromatic carbocycles. The molecule has 0 amide bonds. The molecule has 0 bridgehead atoms. The lowest BCUT2D eigenvalue weighted by molar-refractivity contribution is 0.399. The number of hydrogen-bond donors (Lipinski definition) is 2. The zero-order chi connectivity index (χ0) is 15.0. The average Bonchev–Trinajstić information content (AvgIpc) is 2.54. The van der Waals surface area contributed by atoms with E-state index in [1.807, 2.05) is 0 Å². The van der Waals surface area contributed by atoms with Crippen molar-refractivity contribution in [3.05, 3.63) is 0 Å². The first-order valence-electron chi connectivity index (χ1n) is 8.14. The van der Waals surface area contributed by atoms with Crippen molar-refractivity contribution in [2.45, 2.75) is 77.8 Å². The van der Waals surface area contributed by atoms with Gasteiger partial charge in [0.2, 0.25) is 10.0 Å². The highest BCUT2D eigenvalue weighted by Crippen LogP contribution is 2.23. The molecular weight excluding hydrogens is 272 g/mol. The van der Waals surface area contributed by atoms with Crippen LogP contribution in [0.2, 0.25) is 0 Å². The number of nitrogens with one attached hydrogen (secondary N) is 2. The van der Waals surface area contributed by atoms with Crippen molar-refractivity contribution in [1.29, 1.82) is 0 Å². The van der Waals surface area contributed by atoms with E-state index in [1.54, 1.807) is 0 Å². The van der Waals surface area contributed by atoms with Crippen LogP contribution in [0.5, 0.6) is 0 Å². The monoisotopic (exact) mass is 304 g/mol. The average molecular weight is 305 g/mol. The second-order valence-electron chi connectivity index (χ2n) is 6.47. The van der Waals surface area contributed by atoms with Gasteiger partial charge in [0.15, 0.2) is 0 Å². The van der Waals surface area contributed by atoms with E-state index in [0.717, 1.165) is 38.6 Å². The SMILES string of the molecule is CC(C)NCCCCS(=O)(=O)NC1CCCCCC1C. The van der Waals surface area contributed by atoms with Crippen molar-refractivity contribution in [2.24, 2.45) is 5.92 Å². The first-order chi connectivity index (χ1) is 9.41. The first-order valence-corrected chi connectivity index (χ1v) is 9.79. The Kier molecular flexibility index (Phi) is 8.07. The van der Waals surface area contributed by atoms with Gasteiger partial charge in [0.1, 0.15) is 0 Å². The van der Waals surface area contributed by atoms with Gasteiger partial charge in [0, 0.05) is 12.1 Å². The van der Waals surface area contributed by atoms with E-state index in [1.165, 1.54) is 12.8 Å². The highest BCUT2D eigenvalue weighted by atomic mass is 32.2. The van der Waals surface area contributed by atoms with E-state index < -0.39 is 10.0 Å². The molecule has 0 spiro atoms. The van der Waals surface area contributed by atoms with Crippen LogP contribution < -0.4 is 10.0 Å². The molecule has 120 valence electrons. The van der Waals surface area contributed by atoms with Crippen molar-refractivity contribution in [3.8, 4) is 0 Å². The molecule has 1 aliphatic rings. The van der Waals surface area contributed by atoms with Crippen LogP contribution in [0.3, 0.4) is 0 Å². The molecule has 0 saturated heterocycles. The minimum atomic E-state index is -3.11. The lowest BCUT2D eigenvalue weighted by Crippen LogP contribution is -2.40. The standard InChI is InChI=1S/C15H32N2O2S/c1-13(2)16-11-7-8-12-20(18,19)17-15-10-6-4-5-9-14(15)3/h13-17H,4-12H2,1-3H3. The van der Waals surface area contributed by atoms with E-state index in [0.29, 0.717) is 12.0 Å². The van der Waals surface area contributed by atoms with Gasteiger partial charge in [-0.1, -0.05) is 40.0 Å². The molecule has 0 aromatic rings. The van der Waals surface area contributed by atoms with Crippen LogP contribution in [0.25, 0.3) is 0 Å². The molecule has 1 rings (SSSR count). The Bertz CT molecular complexity index is 355. The van der Waals surface area contributed by atoms with Crippen molar-refractivity contribution in [1.82, 2.24) is 10.0 Å². The minimum absolute atomic E-state index is 0.149. The highest BCUT2D eigenvalue weighted by molar-refractivity contribution is 7.89. The Hall–Kier alpha value is -0.130. The predicted molar refractivity (Wildman–Crippen MR) is 85.3 cm³/mol. The molecule has 0 radical (unpaired) electrons. The van der Waals surface area contributed by atoms with Gasteiger partial charge >= 0.3 is 0 Å². The maximum Gasteiger partial charge on any atom is 0.211 e. The summed E-state index contributed by atoms with van der Waals surface area (Å²) < 4.78 is 27.2. The van der Waals surface area contributed by atoms with E-state index in [2.05, 4.69) is 30.8 Å². The third-order valence-corrected chi connectivity index (χ3v) is 5.57. The maximum absolute atomic E-state index is 12.1. The van der Waals surface area contributed by atoms with Crippen molar-refractivity contribution in [2.75, 3.05) is 12.3 Å². The third-order valence-electron chi connectivity index (χ3n) is 4.08. The Balaban J connectivity index is 2.29. The van der Waals surface area contributed by atoms with Gasteiger partial charge in [-0.25, -0.2) is 13.1 Å². The summed E-state index contributed by atoms with van der Waals surface area (Å²) in [5.41, 5.74) is 0. The van der Waals surface area contributed by atoms with Gasteiger partial charge in [-0.2, -0.15) is 0 Å². The summed E-state index contributed by atoms with van der Waals surface area (Å²) in [6, 6.07) is 0.618. The maximum atomic E-state index is 12.1. The largest absolute Gasteiger partial charge is 0.315 e. The fraction of sp³-hybridized carbons (Fsp3) is 1.00. The van der Waals surface area contributed by atoms with E-state index in [9.17, 15) is 8.42 Å². The second kappa shape index (κ2) is 9.00. The van der Waals surface area contributed by atoms with Crippen LogP contribution in [0.15, 0.2) is 0 Å². The summed E-state index contributed by atoms with van der Waals surface area (Å²) in [5.74, 6) is 0.727. The van der Waals surface area contributed by atoms with E-state index in [4.69, 9.17) is 0 Å². The molecule has 0 aliphatic heterocycles. The van der Waals surface area contributed by atoms with Gasteiger partial charge in [-0.3, -0.25) is 0 Å². The van der Waals surface area contributed by atoms with Gasteiger partial charge < -0.3 is 5.32 Å². The fourth-order valence-electron chi connectivity index (χ4n) is 2.77. The molecule has 0 aromatic heterocycles. The topological polar surface area (TPSA) is 58.2 Å². The fourth-order valence-corrected chi connectivity index (χ4v) is 4.28. The van der Waals surface area contributed by atoms with Crippen LogP contribution in [-0.2, 0) is 10.0 Å². The number of rotatable bonds is 8. The molecule has 1 fully saturated rings. The summed E-state index contributed by atoms with van der Waals surface area (Å²) in [6.07, 6.45) is 7.41. The van der Waals surface area contributed by atoms with E-state index in [-0.39, 0.29) is 11.8 Å². The van der Waals surface area contributed by atoms with Crippen molar-refractivity contribution in [3.63, 3.8) is 0 Å². The first kappa shape index (κ1) is 17.9. The Morgan fingerprint density at radius 2 is 1.80 bits per heavy atom. The van der Waals surface area contributed by atoms with Gasteiger partial charge in [-0.05, 0) is 38.1 Å². The zero-order valence-corrected chi connectivity index (χ0v) is 14.1. The molecule has 1 saturated carbocycles. The molecule has 2 unspecified atom stereocenters. The minimum Gasteiger partial charge on any atom is -0.315 e. The number of hydrogen-bond acceptors (Lipinski definition) is 3.